The quantitative estimate of drug-likeness (QED) is 0.0952. The van der Waals surface area contributed by atoms with Gasteiger partial charge in [-0.3, -0.25) is 14.4 Å². The summed E-state index contributed by atoms with van der Waals surface area (Å²) in [6.45, 7) is 5.85. The lowest BCUT2D eigenvalue weighted by atomic mass is 9.87. The van der Waals surface area contributed by atoms with E-state index in [1.807, 2.05) is 36.6 Å². The highest BCUT2D eigenvalue weighted by Gasteiger charge is 2.42. The van der Waals surface area contributed by atoms with Crippen LogP contribution in [0.5, 0.6) is 11.5 Å². The molecule has 3 aromatic rings. The monoisotopic (exact) mass is 754 g/mol. The Hall–Kier alpha value is -4.27. The number of fused-ring (bicyclic) bond motifs is 1. The molecule has 0 fully saturated rings. The van der Waals surface area contributed by atoms with E-state index < -0.39 is 46.0 Å². The number of benzene rings is 3. The first kappa shape index (κ1) is 40.5. The van der Waals surface area contributed by atoms with Gasteiger partial charge in [-0.25, -0.2) is 13.1 Å². The van der Waals surface area contributed by atoms with Crippen LogP contribution in [0.4, 0.5) is 11.4 Å². The Labute approximate surface area is 310 Å². The first-order valence-corrected chi connectivity index (χ1v) is 20.3. The molecule has 12 nitrogen and oxygen atoms in total. The summed E-state index contributed by atoms with van der Waals surface area (Å²) in [7, 11) is -4.06. The average molecular weight is 755 g/mol. The molecule has 0 spiro atoms. The number of rotatable bonds is 18. The van der Waals surface area contributed by atoms with Crippen molar-refractivity contribution in [3.63, 3.8) is 0 Å². The third-order valence-corrected chi connectivity index (χ3v) is 11.4. The van der Waals surface area contributed by atoms with Crippen molar-refractivity contribution >= 4 is 50.9 Å². The fraction of sp³-hybridized carbons (Fsp3) is 0.447. The van der Waals surface area contributed by atoms with Gasteiger partial charge in [-0.2, -0.15) is 0 Å². The number of thioether (sulfide) groups is 1. The second kappa shape index (κ2) is 18.5. The molecule has 0 saturated carbocycles. The molecule has 0 bridgehead atoms. The normalized spacial score (nSPS) is 15.8. The number of carbonyl (C=O) groups is 3. The van der Waals surface area contributed by atoms with Gasteiger partial charge in [-0.05, 0) is 60.9 Å². The fourth-order valence-electron chi connectivity index (χ4n) is 6.30. The van der Waals surface area contributed by atoms with E-state index in [0.717, 1.165) is 31.4 Å². The molecular weight excluding hydrogens is 705 g/mol. The smallest absolute Gasteiger partial charge is 0.303 e. The fourth-order valence-corrected chi connectivity index (χ4v) is 8.51. The molecule has 282 valence electrons. The van der Waals surface area contributed by atoms with Gasteiger partial charge in [-0.15, -0.1) is 11.8 Å². The molecule has 52 heavy (non-hydrogen) atoms. The number of phenols is 1. The molecule has 1 aliphatic heterocycles. The molecular formula is C38H50N4O8S2. The van der Waals surface area contributed by atoms with Gasteiger partial charge in [-0.1, -0.05) is 76.8 Å². The van der Waals surface area contributed by atoms with E-state index in [-0.39, 0.29) is 35.3 Å². The third-order valence-electron chi connectivity index (χ3n) is 9.02. The van der Waals surface area contributed by atoms with Crippen LogP contribution in [0.3, 0.4) is 0 Å². The number of unbranched alkanes of at least 4 members (excludes halogenated alkanes) is 2. The van der Waals surface area contributed by atoms with Crippen LogP contribution in [0, 0.1) is 5.92 Å². The van der Waals surface area contributed by atoms with Crippen molar-refractivity contribution in [3.05, 3.63) is 72.3 Å². The van der Waals surface area contributed by atoms with Gasteiger partial charge in [0, 0.05) is 31.3 Å². The molecule has 5 N–H and O–H groups in total. The number of carboxylic acid groups (broad SMARTS) is 1. The van der Waals surface area contributed by atoms with E-state index in [1.165, 1.54) is 42.1 Å². The Morgan fingerprint density at radius 1 is 1.02 bits per heavy atom. The number of aromatic hydroxyl groups is 1. The summed E-state index contributed by atoms with van der Waals surface area (Å²) >= 11 is 1.35. The van der Waals surface area contributed by atoms with E-state index in [4.69, 9.17) is 9.84 Å². The van der Waals surface area contributed by atoms with E-state index in [1.54, 1.807) is 13.0 Å². The molecule has 1 heterocycles. The summed E-state index contributed by atoms with van der Waals surface area (Å²) in [5.74, 6) is -2.40. The van der Waals surface area contributed by atoms with Crippen LogP contribution in [0.1, 0.15) is 77.3 Å². The molecule has 0 unspecified atom stereocenters. The molecule has 0 aliphatic carbocycles. The lowest BCUT2D eigenvalue weighted by molar-refractivity contribution is -0.138. The first-order chi connectivity index (χ1) is 24.8. The van der Waals surface area contributed by atoms with Crippen LogP contribution in [0.25, 0.3) is 0 Å². The molecule has 3 aromatic carbocycles. The van der Waals surface area contributed by atoms with Gasteiger partial charge in [0.05, 0.1) is 16.1 Å². The van der Waals surface area contributed by atoms with Crippen molar-refractivity contribution < 1.29 is 37.8 Å². The van der Waals surface area contributed by atoms with E-state index >= 15 is 0 Å². The molecule has 4 rings (SSSR count). The van der Waals surface area contributed by atoms with Crippen LogP contribution in [0.2, 0.25) is 0 Å². The number of nitrogens with zero attached hydrogens (tertiary/aromatic N) is 1. The van der Waals surface area contributed by atoms with Crippen molar-refractivity contribution in [1.29, 1.82) is 0 Å². The van der Waals surface area contributed by atoms with Crippen molar-refractivity contribution in [2.45, 2.75) is 87.1 Å². The molecule has 0 saturated heterocycles. The van der Waals surface area contributed by atoms with E-state index in [0.29, 0.717) is 35.5 Å². The molecule has 0 aromatic heterocycles. The summed E-state index contributed by atoms with van der Waals surface area (Å²) in [5.41, 5.74) is 1.04. The summed E-state index contributed by atoms with van der Waals surface area (Å²) < 4.78 is 37.7. The Balaban J connectivity index is 1.65. The number of para-hydroxylation sites is 1. The summed E-state index contributed by atoms with van der Waals surface area (Å²) in [6.07, 6.45) is 6.60. The number of ether oxygens (including phenoxy) is 1. The average Bonchev–Trinajstić information content (AvgIpc) is 3.21. The van der Waals surface area contributed by atoms with Crippen LogP contribution >= 0.6 is 11.8 Å². The van der Waals surface area contributed by atoms with Crippen LogP contribution in [-0.4, -0.2) is 67.9 Å². The maximum absolute atomic E-state index is 14.3. The van der Waals surface area contributed by atoms with E-state index in [9.17, 15) is 27.9 Å². The maximum atomic E-state index is 14.3. The number of hydrogen-bond donors (Lipinski definition) is 5. The number of carbonyl (C=O) groups excluding carboxylic acids is 2. The molecule has 2 atom stereocenters. The molecule has 14 heteroatoms. The lowest BCUT2D eigenvalue weighted by Gasteiger charge is -2.37. The second-order valence-electron chi connectivity index (χ2n) is 13.3. The second-order valence-corrected chi connectivity index (χ2v) is 15.8. The minimum Gasteiger partial charge on any atom is -0.508 e. The number of phenolic OH excluding ortho intramolecular Hbond substituents is 1. The topological polar surface area (TPSA) is 174 Å². The summed E-state index contributed by atoms with van der Waals surface area (Å²) in [5, 5.41) is 24.2. The Morgan fingerprint density at radius 3 is 2.27 bits per heavy atom. The lowest BCUT2D eigenvalue weighted by Crippen LogP contribution is -2.53. The van der Waals surface area contributed by atoms with Crippen molar-refractivity contribution in [2.75, 3.05) is 30.9 Å². The van der Waals surface area contributed by atoms with Gasteiger partial charge in [0.25, 0.3) is 5.91 Å². The largest absolute Gasteiger partial charge is 0.508 e. The number of anilines is 2. The van der Waals surface area contributed by atoms with Crippen molar-refractivity contribution in [2.24, 2.45) is 5.92 Å². The van der Waals surface area contributed by atoms with Gasteiger partial charge in [0.2, 0.25) is 15.9 Å². The number of sulfonamides is 1. The minimum atomic E-state index is -4.06. The summed E-state index contributed by atoms with van der Waals surface area (Å²) in [6, 6.07) is 17.6. The zero-order valence-electron chi connectivity index (χ0n) is 30.2. The van der Waals surface area contributed by atoms with Crippen molar-refractivity contribution in [3.8, 4) is 11.5 Å². The van der Waals surface area contributed by atoms with Gasteiger partial charge >= 0.3 is 5.97 Å². The van der Waals surface area contributed by atoms with Gasteiger partial charge in [0.15, 0.2) is 6.61 Å². The number of aliphatic carboxylic acids is 1. The van der Waals surface area contributed by atoms with Crippen LogP contribution in [-0.2, 0) is 24.4 Å². The maximum Gasteiger partial charge on any atom is 0.303 e. The SMILES string of the molecule is CCCCC1(CCCC)CN(c2ccccc2)c2cc(SC)c(OCC(=O)N[C@@H](C(=O)NC[C@@H](C)CC(=O)O)c3ccc(O)cc3)cc2S(=O)(=O)N1. The van der Waals surface area contributed by atoms with Crippen LogP contribution < -0.4 is 25.0 Å². The Bertz CT molecular complexity index is 1780. The van der Waals surface area contributed by atoms with E-state index in [2.05, 4.69) is 34.1 Å². The standard InChI is InChI=1S/C38H50N4O8S2/c1-5-7-18-38(19-8-6-2)25-42(28-12-10-9-11-13-28)30-21-32(51-4)31(22-33(30)52(48,49)41-38)50-24-34(44)40-36(27-14-16-29(43)17-15-27)37(47)39-23-26(3)20-35(45)46/h9-17,21-22,26,36,41,43H,5-8,18-20,23-25H2,1-4H3,(H,39,47)(H,40,44)(H,45,46)/t26-,36+/m0/s1. The molecule has 0 radical (unpaired) electrons. The highest BCUT2D eigenvalue weighted by Crippen LogP contribution is 2.44. The predicted octanol–water partition coefficient (Wildman–Crippen LogP) is 6.13. The Kier molecular flexibility index (Phi) is 14.4. The zero-order chi connectivity index (χ0) is 37.9. The number of hydrogen-bond acceptors (Lipinski definition) is 9. The third kappa shape index (κ3) is 10.6. The number of amides is 2. The highest BCUT2D eigenvalue weighted by molar-refractivity contribution is 7.98. The Morgan fingerprint density at radius 2 is 1.67 bits per heavy atom. The number of carboxylic acids is 1. The van der Waals surface area contributed by atoms with Gasteiger partial charge in [0.1, 0.15) is 22.4 Å². The summed E-state index contributed by atoms with van der Waals surface area (Å²) in [4.78, 5) is 40.4. The first-order valence-electron chi connectivity index (χ1n) is 17.6. The van der Waals surface area contributed by atoms with Crippen LogP contribution in [0.15, 0.2) is 76.5 Å². The van der Waals surface area contributed by atoms with Gasteiger partial charge < -0.3 is 30.5 Å². The minimum absolute atomic E-state index is 0.0244. The number of nitrogens with one attached hydrogen (secondary N) is 3. The predicted molar refractivity (Wildman–Crippen MR) is 203 cm³/mol. The highest BCUT2D eigenvalue weighted by atomic mass is 32.2. The zero-order valence-corrected chi connectivity index (χ0v) is 31.8. The van der Waals surface area contributed by atoms with Crippen molar-refractivity contribution in [1.82, 2.24) is 15.4 Å². The molecule has 2 amide bonds. The molecule has 1 aliphatic rings.